The monoisotopic (exact) mass is 300 g/mol. The molecule has 0 radical (unpaired) electrons. The van der Waals surface area contributed by atoms with Gasteiger partial charge >= 0.3 is 12.1 Å². The first kappa shape index (κ1) is 17.8. The number of esters is 1. The van der Waals surface area contributed by atoms with Gasteiger partial charge in [0.15, 0.2) is 0 Å². The first-order valence-corrected chi connectivity index (χ1v) is 7.59. The van der Waals surface area contributed by atoms with E-state index in [4.69, 9.17) is 4.74 Å². The number of nitrogens with one attached hydrogen (secondary N) is 2. The van der Waals surface area contributed by atoms with E-state index in [1.54, 1.807) is 0 Å². The Hall–Kier alpha value is -1.30. The molecule has 0 spiro atoms. The van der Waals surface area contributed by atoms with Crippen LogP contribution < -0.4 is 10.6 Å². The fourth-order valence-electron chi connectivity index (χ4n) is 2.54. The molecule has 1 fully saturated rings. The molecule has 1 aliphatic carbocycles. The van der Waals surface area contributed by atoms with Crippen LogP contribution in [-0.4, -0.2) is 43.9 Å². The normalized spacial score (nSPS) is 22.5. The molecule has 1 aliphatic rings. The molecule has 0 aliphatic heterocycles. The zero-order chi connectivity index (χ0) is 15.9. The van der Waals surface area contributed by atoms with Crippen molar-refractivity contribution in [2.24, 2.45) is 5.92 Å². The zero-order valence-corrected chi connectivity index (χ0v) is 13.5. The molecular formula is C15H28N2O4. The van der Waals surface area contributed by atoms with Crippen LogP contribution in [0, 0.1) is 5.92 Å². The van der Waals surface area contributed by atoms with Crippen molar-refractivity contribution in [3.05, 3.63) is 0 Å². The minimum atomic E-state index is -0.487. The Kier molecular flexibility index (Phi) is 6.95. The Morgan fingerprint density at radius 1 is 1.19 bits per heavy atom. The van der Waals surface area contributed by atoms with Crippen LogP contribution in [-0.2, 0) is 14.3 Å². The summed E-state index contributed by atoms with van der Waals surface area (Å²) in [6.45, 7) is 6.30. The largest absolute Gasteiger partial charge is 0.468 e. The molecule has 6 nitrogen and oxygen atoms in total. The van der Waals surface area contributed by atoms with E-state index < -0.39 is 5.60 Å². The number of alkyl carbamates (subject to hydrolysis) is 1. The third kappa shape index (κ3) is 7.32. The highest BCUT2D eigenvalue weighted by Crippen LogP contribution is 2.24. The Bertz CT molecular complexity index is 352. The van der Waals surface area contributed by atoms with Gasteiger partial charge in [-0.25, -0.2) is 4.79 Å². The molecule has 0 bridgehead atoms. The number of amides is 1. The van der Waals surface area contributed by atoms with Crippen molar-refractivity contribution in [2.75, 3.05) is 20.2 Å². The molecule has 0 saturated heterocycles. The number of carbonyl (C=O) groups is 2. The summed E-state index contributed by atoms with van der Waals surface area (Å²) >= 11 is 0. The van der Waals surface area contributed by atoms with Crippen molar-refractivity contribution >= 4 is 12.1 Å². The van der Waals surface area contributed by atoms with Crippen LogP contribution in [0.15, 0.2) is 0 Å². The summed E-state index contributed by atoms with van der Waals surface area (Å²) in [5.41, 5.74) is -0.487. The number of carbonyl (C=O) groups excluding carboxylic acids is 2. The van der Waals surface area contributed by atoms with Gasteiger partial charge in [0.05, 0.1) is 13.7 Å². The van der Waals surface area contributed by atoms with Gasteiger partial charge in [-0.1, -0.05) is 12.8 Å². The Labute approximate surface area is 126 Å². The van der Waals surface area contributed by atoms with Crippen molar-refractivity contribution in [3.8, 4) is 0 Å². The molecule has 1 rings (SSSR count). The Morgan fingerprint density at radius 2 is 1.86 bits per heavy atom. The first-order valence-electron chi connectivity index (χ1n) is 7.59. The van der Waals surface area contributed by atoms with Gasteiger partial charge in [0.1, 0.15) is 5.60 Å². The van der Waals surface area contributed by atoms with Crippen LogP contribution in [0.25, 0.3) is 0 Å². The number of ether oxygens (including phenoxy) is 2. The Morgan fingerprint density at radius 3 is 2.48 bits per heavy atom. The SMILES string of the molecule is COC(=O)CNC1CCCCC1CNC(=O)OC(C)(C)C. The maximum absolute atomic E-state index is 11.7. The van der Waals surface area contributed by atoms with Crippen molar-refractivity contribution in [1.29, 1.82) is 0 Å². The molecule has 21 heavy (non-hydrogen) atoms. The van der Waals surface area contributed by atoms with Crippen LogP contribution in [0.2, 0.25) is 0 Å². The molecule has 2 atom stereocenters. The molecule has 6 heteroatoms. The van der Waals surface area contributed by atoms with E-state index in [2.05, 4.69) is 15.4 Å². The number of rotatable bonds is 5. The summed E-state index contributed by atoms with van der Waals surface area (Å²) in [6.07, 6.45) is 3.95. The molecule has 0 heterocycles. The molecule has 122 valence electrons. The second-order valence-corrected chi connectivity index (χ2v) is 6.49. The summed E-state index contributed by atoms with van der Waals surface area (Å²) in [6, 6.07) is 0.229. The van der Waals surface area contributed by atoms with Crippen LogP contribution in [0.1, 0.15) is 46.5 Å². The van der Waals surface area contributed by atoms with Gasteiger partial charge in [0, 0.05) is 12.6 Å². The highest BCUT2D eigenvalue weighted by molar-refractivity contribution is 5.71. The average molecular weight is 300 g/mol. The number of hydrogen-bond acceptors (Lipinski definition) is 5. The topological polar surface area (TPSA) is 76.7 Å². The summed E-state index contributed by atoms with van der Waals surface area (Å²) in [4.78, 5) is 22.9. The summed E-state index contributed by atoms with van der Waals surface area (Å²) in [7, 11) is 1.38. The van der Waals surface area contributed by atoms with Gasteiger partial charge < -0.3 is 20.1 Å². The molecule has 2 unspecified atom stereocenters. The minimum absolute atomic E-state index is 0.212. The van der Waals surface area contributed by atoms with E-state index in [1.807, 2.05) is 20.8 Å². The summed E-state index contributed by atoms with van der Waals surface area (Å²) < 4.78 is 9.87. The van der Waals surface area contributed by atoms with E-state index in [-0.39, 0.29) is 24.6 Å². The summed E-state index contributed by atoms with van der Waals surface area (Å²) in [5, 5.41) is 6.05. The lowest BCUT2D eigenvalue weighted by molar-refractivity contribution is -0.139. The Balaban J connectivity index is 2.39. The maximum Gasteiger partial charge on any atom is 0.407 e. The molecule has 1 saturated carbocycles. The fourth-order valence-corrected chi connectivity index (χ4v) is 2.54. The zero-order valence-electron chi connectivity index (χ0n) is 13.5. The molecular weight excluding hydrogens is 272 g/mol. The van der Waals surface area contributed by atoms with E-state index in [0.29, 0.717) is 12.5 Å². The highest BCUT2D eigenvalue weighted by atomic mass is 16.6. The smallest absolute Gasteiger partial charge is 0.407 e. The first-order chi connectivity index (χ1) is 9.81. The molecule has 2 N–H and O–H groups in total. The van der Waals surface area contributed by atoms with Gasteiger partial charge in [-0.15, -0.1) is 0 Å². The average Bonchev–Trinajstić information content (AvgIpc) is 2.41. The van der Waals surface area contributed by atoms with Crippen LogP contribution >= 0.6 is 0 Å². The second-order valence-electron chi connectivity index (χ2n) is 6.49. The molecule has 0 aromatic carbocycles. The number of hydrogen-bond donors (Lipinski definition) is 2. The third-order valence-electron chi connectivity index (χ3n) is 3.55. The summed E-state index contributed by atoms with van der Waals surface area (Å²) in [5.74, 6) is 0.0512. The third-order valence-corrected chi connectivity index (χ3v) is 3.55. The lowest BCUT2D eigenvalue weighted by atomic mass is 9.84. The van der Waals surface area contributed by atoms with Crippen molar-refractivity contribution in [3.63, 3.8) is 0 Å². The van der Waals surface area contributed by atoms with Crippen molar-refractivity contribution in [2.45, 2.75) is 58.1 Å². The molecule has 0 aromatic rings. The highest BCUT2D eigenvalue weighted by Gasteiger charge is 2.26. The van der Waals surface area contributed by atoms with E-state index in [0.717, 1.165) is 25.7 Å². The minimum Gasteiger partial charge on any atom is -0.468 e. The van der Waals surface area contributed by atoms with E-state index in [1.165, 1.54) is 7.11 Å². The molecule has 0 aromatic heterocycles. The van der Waals surface area contributed by atoms with Gasteiger partial charge in [-0.05, 0) is 39.5 Å². The standard InChI is InChI=1S/C15H28N2O4/c1-15(2,3)21-14(19)17-9-11-7-5-6-8-12(11)16-10-13(18)20-4/h11-12,16H,5-10H2,1-4H3,(H,17,19). The van der Waals surface area contributed by atoms with E-state index >= 15 is 0 Å². The van der Waals surface area contributed by atoms with Crippen molar-refractivity contribution in [1.82, 2.24) is 10.6 Å². The fraction of sp³-hybridized carbons (Fsp3) is 0.867. The predicted octanol–water partition coefficient (Wildman–Crippen LogP) is 1.83. The van der Waals surface area contributed by atoms with Gasteiger partial charge in [-0.3, -0.25) is 4.79 Å². The maximum atomic E-state index is 11.7. The lowest BCUT2D eigenvalue weighted by Gasteiger charge is -2.32. The second kappa shape index (κ2) is 8.22. The van der Waals surface area contributed by atoms with Crippen LogP contribution in [0.3, 0.4) is 0 Å². The van der Waals surface area contributed by atoms with Crippen molar-refractivity contribution < 1.29 is 19.1 Å². The van der Waals surface area contributed by atoms with Crippen LogP contribution in [0.4, 0.5) is 4.79 Å². The quantitative estimate of drug-likeness (QED) is 0.758. The van der Waals surface area contributed by atoms with Crippen LogP contribution in [0.5, 0.6) is 0 Å². The van der Waals surface area contributed by atoms with E-state index in [9.17, 15) is 9.59 Å². The molecule has 1 amide bonds. The lowest BCUT2D eigenvalue weighted by Crippen LogP contribution is -2.46. The van der Waals surface area contributed by atoms with Gasteiger partial charge in [0.25, 0.3) is 0 Å². The number of methoxy groups -OCH3 is 1. The predicted molar refractivity (Wildman–Crippen MR) is 80.0 cm³/mol. The van der Waals surface area contributed by atoms with Gasteiger partial charge in [0.2, 0.25) is 0 Å². The van der Waals surface area contributed by atoms with Gasteiger partial charge in [-0.2, -0.15) is 0 Å².